The number of hydrogen-bond acceptors (Lipinski definition) is 3. The van der Waals surface area contributed by atoms with Crippen molar-refractivity contribution in [2.24, 2.45) is 0 Å². The third kappa shape index (κ3) is 2.03. The molecule has 0 fully saturated rings. The van der Waals surface area contributed by atoms with Gasteiger partial charge in [0.15, 0.2) is 0 Å². The van der Waals surface area contributed by atoms with Gasteiger partial charge in [0.25, 0.3) is 0 Å². The summed E-state index contributed by atoms with van der Waals surface area (Å²) in [5.41, 5.74) is 2.69. The van der Waals surface area contributed by atoms with Gasteiger partial charge in [-0.25, -0.2) is 4.98 Å². The molecule has 0 bridgehead atoms. The van der Waals surface area contributed by atoms with Gasteiger partial charge in [0.1, 0.15) is 10.8 Å². The quantitative estimate of drug-likeness (QED) is 0.771. The fourth-order valence-electron chi connectivity index (χ4n) is 2.07. The molecule has 2 heterocycles. The molecule has 1 aromatic heterocycles. The van der Waals surface area contributed by atoms with Crippen molar-refractivity contribution < 1.29 is 4.74 Å². The van der Waals surface area contributed by atoms with Crippen LogP contribution >= 0.6 is 11.3 Å². The zero-order chi connectivity index (χ0) is 12.8. The van der Waals surface area contributed by atoms with Crippen molar-refractivity contribution in [3.63, 3.8) is 0 Å². The van der Waals surface area contributed by atoms with Gasteiger partial charge in [-0.2, -0.15) is 0 Å². The van der Waals surface area contributed by atoms with Crippen molar-refractivity contribution in [3.8, 4) is 16.3 Å². The number of hydrogen-bond donors (Lipinski definition) is 0. The van der Waals surface area contributed by atoms with E-state index in [1.165, 1.54) is 16.0 Å². The SMILES string of the molecule is CC(C)(C)c1cnc(-c2ccc3c(c2)CCO3)s1. The maximum Gasteiger partial charge on any atom is 0.123 e. The molecule has 0 amide bonds. The molecule has 1 aliphatic rings. The molecule has 0 saturated heterocycles. The van der Waals surface area contributed by atoms with Gasteiger partial charge in [-0.1, -0.05) is 20.8 Å². The lowest BCUT2D eigenvalue weighted by atomic mass is 9.96. The van der Waals surface area contributed by atoms with Crippen molar-refractivity contribution in [2.75, 3.05) is 6.61 Å². The van der Waals surface area contributed by atoms with Crippen LogP contribution in [0.25, 0.3) is 10.6 Å². The fraction of sp³-hybridized carbons (Fsp3) is 0.400. The Balaban J connectivity index is 1.98. The second-order valence-electron chi connectivity index (χ2n) is 5.70. The molecule has 0 unspecified atom stereocenters. The highest BCUT2D eigenvalue weighted by atomic mass is 32.1. The summed E-state index contributed by atoms with van der Waals surface area (Å²) in [6.45, 7) is 7.48. The second kappa shape index (κ2) is 4.09. The van der Waals surface area contributed by atoms with E-state index in [1.54, 1.807) is 11.3 Å². The average Bonchev–Trinajstić information content (AvgIpc) is 2.96. The molecule has 0 saturated carbocycles. The Morgan fingerprint density at radius 3 is 2.83 bits per heavy atom. The molecule has 3 rings (SSSR count). The van der Waals surface area contributed by atoms with Crippen LogP contribution < -0.4 is 4.74 Å². The van der Waals surface area contributed by atoms with Gasteiger partial charge >= 0.3 is 0 Å². The van der Waals surface area contributed by atoms with Crippen molar-refractivity contribution in [3.05, 3.63) is 34.8 Å². The second-order valence-corrected chi connectivity index (χ2v) is 6.73. The molecular formula is C15H17NOS. The zero-order valence-electron chi connectivity index (χ0n) is 11.0. The molecule has 1 aromatic carbocycles. The highest BCUT2D eigenvalue weighted by Gasteiger charge is 2.19. The molecule has 1 aliphatic heterocycles. The molecule has 2 aromatic rings. The van der Waals surface area contributed by atoms with Gasteiger partial charge in [-0.15, -0.1) is 11.3 Å². The number of benzene rings is 1. The molecule has 2 nitrogen and oxygen atoms in total. The Morgan fingerprint density at radius 2 is 2.11 bits per heavy atom. The standard InChI is InChI=1S/C15H17NOS/c1-15(2,3)13-9-16-14(18-13)11-4-5-12-10(8-11)6-7-17-12/h4-5,8-9H,6-7H2,1-3H3. The maximum atomic E-state index is 5.53. The van der Waals surface area contributed by atoms with Crippen molar-refractivity contribution in [2.45, 2.75) is 32.6 Å². The Bertz CT molecular complexity index is 580. The van der Waals surface area contributed by atoms with Crippen LogP contribution in [0.3, 0.4) is 0 Å². The molecular weight excluding hydrogens is 242 g/mol. The first-order valence-electron chi connectivity index (χ1n) is 6.26. The molecule has 0 spiro atoms. The smallest absolute Gasteiger partial charge is 0.123 e. The van der Waals surface area contributed by atoms with Crippen LogP contribution in [0.2, 0.25) is 0 Å². The average molecular weight is 259 g/mol. The van der Waals surface area contributed by atoms with Gasteiger partial charge in [0.2, 0.25) is 0 Å². The van der Waals surface area contributed by atoms with Gasteiger partial charge in [-0.05, 0) is 29.2 Å². The van der Waals surface area contributed by atoms with E-state index in [2.05, 4.69) is 44.0 Å². The third-order valence-electron chi connectivity index (χ3n) is 3.18. The van der Waals surface area contributed by atoms with Gasteiger partial charge in [-0.3, -0.25) is 0 Å². The lowest BCUT2D eigenvalue weighted by Crippen LogP contribution is -2.07. The normalized spacial score (nSPS) is 14.4. The molecule has 0 atom stereocenters. The summed E-state index contributed by atoms with van der Waals surface area (Å²) in [5.74, 6) is 1.03. The molecule has 0 radical (unpaired) electrons. The van der Waals surface area contributed by atoms with Gasteiger partial charge < -0.3 is 4.74 Å². The minimum atomic E-state index is 0.176. The molecule has 94 valence electrons. The first-order chi connectivity index (χ1) is 8.54. The number of rotatable bonds is 1. The van der Waals surface area contributed by atoms with E-state index in [0.717, 1.165) is 23.8 Å². The van der Waals surface area contributed by atoms with Crippen LogP contribution in [0.5, 0.6) is 5.75 Å². The molecule has 18 heavy (non-hydrogen) atoms. The molecule has 0 N–H and O–H groups in total. The van der Waals surface area contributed by atoms with E-state index >= 15 is 0 Å². The monoisotopic (exact) mass is 259 g/mol. The largest absolute Gasteiger partial charge is 0.493 e. The minimum absolute atomic E-state index is 0.176. The minimum Gasteiger partial charge on any atom is -0.493 e. The number of ether oxygens (including phenoxy) is 1. The van der Waals surface area contributed by atoms with Crippen molar-refractivity contribution in [1.82, 2.24) is 4.98 Å². The lowest BCUT2D eigenvalue weighted by molar-refractivity contribution is 0.357. The number of thiazole rings is 1. The molecule has 3 heteroatoms. The highest BCUT2D eigenvalue weighted by Crippen LogP contribution is 2.35. The topological polar surface area (TPSA) is 22.1 Å². The number of fused-ring (bicyclic) bond motifs is 1. The number of aromatic nitrogens is 1. The number of nitrogens with zero attached hydrogens (tertiary/aromatic N) is 1. The lowest BCUT2D eigenvalue weighted by Gasteiger charge is -2.14. The Kier molecular flexibility index (Phi) is 2.67. The van der Waals surface area contributed by atoms with Crippen molar-refractivity contribution >= 4 is 11.3 Å². The van der Waals surface area contributed by atoms with Crippen LogP contribution in [0, 0.1) is 0 Å². The van der Waals surface area contributed by atoms with Crippen LogP contribution in [0.1, 0.15) is 31.2 Å². The summed E-state index contributed by atoms with van der Waals surface area (Å²) in [7, 11) is 0. The Morgan fingerprint density at radius 1 is 1.28 bits per heavy atom. The van der Waals surface area contributed by atoms with Crippen LogP contribution in [-0.2, 0) is 11.8 Å². The van der Waals surface area contributed by atoms with E-state index in [0.29, 0.717) is 0 Å². The third-order valence-corrected chi connectivity index (χ3v) is 4.65. The summed E-state index contributed by atoms with van der Waals surface area (Å²) >= 11 is 1.79. The summed E-state index contributed by atoms with van der Waals surface area (Å²) in [4.78, 5) is 5.88. The first-order valence-corrected chi connectivity index (χ1v) is 7.08. The van der Waals surface area contributed by atoms with E-state index in [4.69, 9.17) is 4.74 Å². The van der Waals surface area contributed by atoms with Crippen LogP contribution in [-0.4, -0.2) is 11.6 Å². The summed E-state index contributed by atoms with van der Waals surface area (Å²) < 4.78 is 5.53. The predicted molar refractivity (Wildman–Crippen MR) is 75.4 cm³/mol. The molecule has 0 aliphatic carbocycles. The Hall–Kier alpha value is -1.35. The van der Waals surface area contributed by atoms with Gasteiger partial charge in [0.05, 0.1) is 6.61 Å². The van der Waals surface area contributed by atoms with E-state index < -0.39 is 0 Å². The first kappa shape index (κ1) is 11.7. The predicted octanol–water partition coefficient (Wildman–Crippen LogP) is 4.04. The van der Waals surface area contributed by atoms with Crippen molar-refractivity contribution in [1.29, 1.82) is 0 Å². The van der Waals surface area contributed by atoms with E-state index in [9.17, 15) is 0 Å². The van der Waals surface area contributed by atoms with E-state index in [1.807, 2.05) is 6.20 Å². The van der Waals surface area contributed by atoms with E-state index in [-0.39, 0.29) is 5.41 Å². The van der Waals surface area contributed by atoms with Crippen LogP contribution in [0.4, 0.5) is 0 Å². The maximum absolute atomic E-state index is 5.53. The van der Waals surface area contributed by atoms with Gasteiger partial charge in [0, 0.05) is 23.1 Å². The Labute approximate surface area is 112 Å². The fourth-order valence-corrected chi connectivity index (χ4v) is 3.04. The van der Waals surface area contributed by atoms with Crippen LogP contribution in [0.15, 0.2) is 24.4 Å². The highest BCUT2D eigenvalue weighted by molar-refractivity contribution is 7.15. The summed E-state index contributed by atoms with van der Waals surface area (Å²) in [5, 5.41) is 1.11. The summed E-state index contributed by atoms with van der Waals surface area (Å²) in [6, 6.07) is 6.39. The summed E-state index contributed by atoms with van der Waals surface area (Å²) in [6.07, 6.45) is 3.02. The zero-order valence-corrected chi connectivity index (χ0v) is 11.8.